The molecule has 18 heavy (non-hydrogen) atoms. The number of halogens is 2. The molecule has 2 unspecified atom stereocenters. The van der Waals surface area contributed by atoms with Gasteiger partial charge in [0.1, 0.15) is 17.4 Å². The summed E-state index contributed by atoms with van der Waals surface area (Å²) in [6.07, 6.45) is 1.52. The largest absolute Gasteiger partial charge is 0.497 e. The van der Waals surface area contributed by atoms with Crippen LogP contribution in [0.1, 0.15) is 30.9 Å². The predicted octanol–water partition coefficient (Wildman–Crippen LogP) is 2.15. The van der Waals surface area contributed by atoms with E-state index in [1.165, 1.54) is 7.11 Å². The van der Waals surface area contributed by atoms with Gasteiger partial charge in [-0.25, -0.2) is 8.78 Å². The Labute approximate surface area is 105 Å². The Balaban J connectivity index is 2.26. The first-order valence-electron chi connectivity index (χ1n) is 6.08. The first kappa shape index (κ1) is 13.2. The number of hydrogen-bond donors (Lipinski definition) is 2. The minimum Gasteiger partial charge on any atom is -0.497 e. The van der Waals surface area contributed by atoms with Crippen LogP contribution in [0, 0.1) is 11.6 Å². The molecule has 0 amide bonds. The lowest BCUT2D eigenvalue weighted by Gasteiger charge is -2.28. The summed E-state index contributed by atoms with van der Waals surface area (Å²) in [5, 5.41) is 13.2. The van der Waals surface area contributed by atoms with Gasteiger partial charge in [-0.1, -0.05) is 6.42 Å². The highest BCUT2D eigenvalue weighted by molar-refractivity contribution is 5.32. The minimum absolute atomic E-state index is 0.109. The lowest BCUT2D eigenvalue weighted by Crippen LogP contribution is -2.39. The molecule has 1 saturated heterocycles. The lowest BCUT2D eigenvalue weighted by atomic mass is 9.94. The van der Waals surface area contributed by atoms with Crippen LogP contribution in [0.2, 0.25) is 0 Å². The van der Waals surface area contributed by atoms with E-state index in [0.29, 0.717) is 6.42 Å². The van der Waals surface area contributed by atoms with E-state index in [2.05, 4.69) is 5.32 Å². The van der Waals surface area contributed by atoms with Crippen molar-refractivity contribution in [2.75, 3.05) is 13.7 Å². The van der Waals surface area contributed by atoms with Gasteiger partial charge in [0.05, 0.1) is 18.8 Å². The molecule has 2 atom stereocenters. The molecule has 3 nitrogen and oxygen atoms in total. The minimum atomic E-state index is -1.17. The third-order valence-electron chi connectivity index (χ3n) is 3.31. The Morgan fingerprint density at radius 2 is 2.00 bits per heavy atom. The molecule has 0 aliphatic carbocycles. The summed E-state index contributed by atoms with van der Waals surface area (Å²) in [5.74, 6) is -1.43. The summed E-state index contributed by atoms with van der Waals surface area (Å²) < 4.78 is 32.4. The summed E-state index contributed by atoms with van der Waals surface area (Å²) in [7, 11) is 1.34. The standard InChI is InChI=1S/C13H17F2NO2/c1-18-8-6-9(14)12(10(15)7-8)13(17)11-4-2-3-5-16-11/h6-7,11,13,16-17H,2-5H2,1H3. The Morgan fingerprint density at radius 3 is 2.50 bits per heavy atom. The number of hydrogen-bond acceptors (Lipinski definition) is 3. The van der Waals surface area contributed by atoms with Gasteiger partial charge in [-0.15, -0.1) is 0 Å². The lowest BCUT2D eigenvalue weighted by molar-refractivity contribution is 0.106. The third kappa shape index (κ3) is 2.62. The van der Waals surface area contributed by atoms with Crippen molar-refractivity contribution in [3.8, 4) is 5.75 Å². The van der Waals surface area contributed by atoms with Crippen LogP contribution in [0.5, 0.6) is 5.75 Å². The van der Waals surface area contributed by atoms with Gasteiger partial charge < -0.3 is 15.2 Å². The smallest absolute Gasteiger partial charge is 0.135 e. The summed E-state index contributed by atoms with van der Waals surface area (Å²) in [6.45, 7) is 0.765. The van der Waals surface area contributed by atoms with Gasteiger partial charge >= 0.3 is 0 Å². The molecule has 0 aromatic heterocycles. The van der Waals surface area contributed by atoms with E-state index >= 15 is 0 Å². The zero-order valence-electron chi connectivity index (χ0n) is 10.2. The van der Waals surface area contributed by atoms with Crippen LogP contribution in [-0.2, 0) is 0 Å². The van der Waals surface area contributed by atoms with Crippen molar-refractivity contribution in [1.82, 2.24) is 5.32 Å². The van der Waals surface area contributed by atoms with Crippen LogP contribution in [0.3, 0.4) is 0 Å². The molecule has 2 rings (SSSR count). The quantitative estimate of drug-likeness (QED) is 0.871. The summed E-state index contributed by atoms with van der Waals surface area (Å²) in [6, 6.07) is 1.88. The maximum Gasteiger partial charge on any atom is 0.135 e. The van der Waals surface area contributed by atoms with Crippen molar-refractivity contribution < 1.29 is 18.6 Å². The maximum atomic E-state index is 13.8. The molecule has 0 saturated carbocycles. The summed E-state index contributed by atoms with van der Waals surface area (Å²) >= 11 is 0. The molecule has 1 aliphatic rings. The van der Waals surface area contributed by atoms with Crippen molar-refractivity contribution in [1.29, 1.82) is 0 Å². The Hall–Kier alpha value is -1.20. The molecule has 1 fully saturated rings. The van der Waals surface area contributed by atoms with Crippen molar-refractivity contribution in [3.63, 3.8) is 0 Å². The number of methoxy groups -OCH3 is 1. The average Bonchev–Trinajstić information content (AvgIpc) is 2.38. The van der Waals surface area contributed by atoms with E-state index in [-0.39, 0.29) is 17.4 Å². The molecule has 0 bridgehead atoms. The first-order chi connectivity index (χ1) is 8.63. The molecule has 1 aliphatic heterocycles. The number of piperidine rings is 1. The fraction of sp³-hybridized carbons (Fsp3) is 0.538. The molecule has 1 heterocycles. The van der Waals surface area contributed by atoms with Gasteiger partial charge in [0.15, 0.2) is 0 Å². The second kappa shape index (κ2) is 5.63. The van der Waals surface area contributed by atoms with Crippen LogP contribution in [0.4, 0.5) is 8.78 Å². The summed E-state index contributed by atoms with van der Waals surface area (Å²) in [4.78, 5) is 0. The van der Waals surface area contributed by atoms with Crippen molar-refractivity contribution in [3.05, 3.63) is 29.3 Å². The highest BCUT2D eigenvalue weighted by Gasteiger charge is 2.28. The van der Waals surface area contributed by atoms with Crippen molar-refractivity contribution in [2.45, 2.75) is 31.4 Å². The molecule has 2 N–H and O–H groups in total. The number of benzene rings is 1. The zero-order valence-corrected chi connectivity index (χ0v) is 10.2. The predicted molar refractivity (Wildman–Crippen MR) is 63.5 cm³/mol. The topological polar surface area (TPSA) is 41.5 Å². The molecule has 0 spiro atoms. The van der Waals surface area contributed by atoms with Crippen LogP contribution in [-0.4, -0.2) is 24.8 Å². The zero-order chi connectivity index (χ0) is 13.1. The van der Waals surface area contributed by atoms with E-state index in [9.17, 15) is 13.9 Å². The number of nitrogens with one attached hydrogen (secondary N) is 1. The van der Waals surface area contributed by atoms with Crippen LogP contribution in [0.25, 0.3) is 0 Å². The molecule has 0 radical (unpaired) electrons. The van der Waals surface area contributed by atoms with Crippen LogP contribution in [0.15, 0.2) is 12.1 Å². The fourth-order valence-electron chi connectivity index (χ4n) is 2.31. The third-order valence-corrected chi connectivity index (χ3v) is 3.31. The van der Waals surface area contributed by atoms with Gasteiger partial charge in [0.25, 0.3) is 0 Å². The van der Waals surface area contributed by atoms with E-state index < -0.39 is 17.7 Å². The second-order valence-corrected chi connectivity index (χ2v) is 4.51. The molecular weight excluding hydrogens is 240 g/mol. The number of aliphatic hydroxyl groups is 1. The highest BCUT2D eigenvalue weighted by Crippen LogP contribution is 2.29. The number of aliphatic hydroxyl groups excluding tert-OH is 1. The number of ether oxygens (including phenoxy) is 1. The van der Waals surface area contributed by atoms with Crippen LogP contribution >= 0.6 is 0 Å². The molecule has 100 valence electrons. The van der Waals surface area contributed by atoms with Gasteiger partial charge in [-0.05, 0) is 19.4 Å². The average molecular weight is 257 g/mol. The fourth-order valence-corrected chi connectivity index (χ4v) is 2.31. The number of rotatable bonds is 3. The first-order valence-corrected chi connectivity index (χ1v) is 6.08. The van der Waals surface area contributed by atoms with Crippen molar-refractivity contribution >= 4 is 0 Å². The van der Waals surface area contributed by atoms with Gasteiger partial charge in [0, 0.05) is 18.2 Å². The van der Waals surface area contributed by atoms with E-state index in [1.807, 2.05) is 0 Å². The second-order valence-electron chi connectivity index (χ2n) is 4.51. The van der Waals surface area contributed by atoms with Gasteiger partial charge in [-0.2, -0.15) is 0 Å². The van der Waals surface area contributed by atoms with E-state index in [4.69, 9.17) is 4.74 Å². The molecule has 5 heteroatoms. The van der Waals surface area contributed by atoms with E-state index in [1.54, 1.807) is 0 Å². The Morgan fingerprint density at radius 1 is 1.33 bits per heavy atom. The molecular formula is C13H17F2NO2. The highest BCUT2D eigenvalue weighted by atomic mass is 19.1. The van der Waals surface area contributed by atoms with Gasteiger partial charge in [-0.3, -0.25) is 0 Å². The monoisotopic (exact) mass is 257 g/mol. The normalized spacial score (nSPS) is 21.7. The van der Waals surface area contributed by atoms with Gasteiger partial charge in [0.2, 0.25) is 0 Å². The van der Waals surface area contributed by atoms with Crippen LogP contribution < -0.4 is 10.1 Å². The maximum absolute atomic E-state index is 13.8. The summed E-state index contributed by atoms with van der Waals surface area (Å²) in [5.41, 5.74) is -0.282. The Bertz CT molecular complexity index is 396. The van der Waals surface area contributed by atoms with E-state index in [0.717, 1.165) is 31.5 Å². The Kier molecular flexibility index (Phi) is 4.14. The SMILES string of the molecule is COc1cc(F)c(C(O)C2CCCCN2)c(F)c1. The molecule has 1 aromatic rings. The molecule has 1 aromatic carbocycles. The van der Waals surface area contributed by atoms with Crippen molar-refractivity contribution in [2.24, 2.45) is 0 Å².